The molecule has 2 aromatic rings. The number of nitrogens with one attached hydrogen (secondary N) is 1. The van der Waals surface area contributed by atoms with Gasteiger partial charge in [-0.15, -0.1) is 0 Å². The van der Waals surface area contributed by atoms with Gasteiger partial charge >= 0.3 is 0 Å². The molecule has 0 bridgehead atoms. The zero-order valence-corrected chi connectivity index (χ0v) is 16.0. The predicted octanol–water partition coefficient (Wildman–Crippen LogP) is 2.00. The van der Waals surface area contributed by atoms with Crippen molar-refractivity contribution in [3.05, 3.63) is 47.9 Å². The van der Waals surface area contributed by atoms with Crippen molar-refractivity contribution in [2.75, 3.05) is 35.8 Å². The number of aryl methyl sites for hydroxylation is 1. The number of amides is 1. The molecule has 2 heterocycles. The number of hydrogen-bond acceptors (Lipinski definition) is 5. The van der Waals surface area contributed by atoms with Gasteiger partial charge in [-0.3, -0.25) is 9.52 Å². The fourth-order valence-electron chi connectivity index (χ4n) is 2.88. The summed E-state index contributed by atoms with van der Waals surface area (Å²) in [5.41, 5.74) is 0.583. The lowest BCUT2D eigenvalue weighted by atomic mass is 10.2. The Hall–Kier alpha value is -2.68. The first-order chi connectivity index (χ1) is 12.8. The first-order valence-electron chi connectivity index (χ1n) is 8.52. The molecular weight excluding hydrogens is 371 g/mol. The predicted molar refractivity (Wildman–Crippen MR) is 101 cm³/mol. The summed E-state index contributed by atoms with van der Waals surface area (Å²) in [6, 6.07) is 7.01. The van der Waals surface area contributed by atoms with Crippen LogP contribution in [0.15, 0.2) is 41.4 Å². The number of nitrogens with zero attached hydrogens (tertiary/aromatic N) is 3. The van der Waals surface area contributed by atoms with Crippen LogP contribution in [0.1, 0.15) is 12.5 Å². The number of carbonyl (C=O) groups excluding carboxylic acids is 1. The van der Waals surface area contributed by atoms with Gasteiger partial charge in [0.05, 0.1) is 16.8 Å². The Morgan fingerprint density at radius 3 is 2.41 bits per heavy atom. The van der Waals surface area contributed by atoms with Gasteiger partial charge in [0.15, 0.2) is 0 Å². The van der Waals surface area contributed by atoms with Crippen molar-refractivity contribution in [3.8, 4) is 0 Å². The fourth-order valence-corrected chi connectivity index (χ4v) is 4.01. The Bertz CT molecular complexity index is 940. The number of piperazine rings is 1. The van der Waals surface area contributed by atoms with Gasteiger partial charge < -0.3 is 9.80 Å². The Kier molecular flexibility index (Phi) is 5.31. The van der Waals surface area contributed by atoms with E-state index in [4.69, 9.17) is 0 Å². The largest absolute Gasteiger partial charge is 0.353 e. The number of anilines is 2. The molecule has 1 fully saturated rings. The lowest BCUT2D eigenvalue weighted by Crippen LogP contribution is -2.48. The first kappa shape index (κ1) is 19.1. The summed E-state index contributed by atoms with van der Waals surface area (Å²) in [5.74, 6) is 0.326. The van der Waals surface area contributed by atoms with Crippen LogP contribution in [0, 0.1) is 12.7 Å². The summed E-state index contributed by atoms with van der Waals surface area (Å²) in [6.07, 6.45) is 1.45. The molecule has 27 heavy (non-hydrogen) atoms. The average molecular weight is 392 g/mol. The van der Waals surface area contributed by atoms with Crippen molar-refractivity contribution in [2.45, 2.75) is 18.7 Å². The number of aromatic nitrogens is 1. The van der Waals surface area contributed by atoms with Crippen LogP contribution in [0.3, 0.4) is 0 Å². The number of hydrogen-bond donors (Lipinski definition) is 1. The van der Waals surface area contributed by atoms with Crippen LogP contribution in [0.25, 0.3) is 0 Å². The number of halogens is 1. The van der Waals surface area contributed by atoms with E-state index in [0.29, 0.717) is 31.9 Å². The SMILES string of the molecule is CC(=O)N1CCN(c2ccc(NS(=O)(=O)c3ccc(F)c(C)c3)cn2)CC1. The third-order valence-corrected chi connectivity index (χ3v) is 5.87. The highest BCUT2D eigenvalue weighted by molar-refractivity contribution is 7.92. The maximum atomic E-state index is 13.4. The molecule has 1 amide bonds. The molecule has 0 unspecified atom stereocenters. The smallest absolute Gasteiger partial charge is 0.261 e. The van der Waals surface area contributed by atoms with Crippen LogP contribution in [0.4, 0.5) is 15.9 Å². The Balaban J connectivity index is 1.68. The topological polar surface area (TPSA) is 82.6 Å². The minimum Gasteiger partial charge on any atom is -0.353 e. The molecule has 144 valence electrons. The summed E-state index contributed by atoms with van der Waals surface area (Å²) < 4.78 is 40.7. The monoisotopic (exact) mass is 392 g/mol. The summed E-state index contributed by atoms with van der Waals surface area (Å²) in [5, 5.41) is 0. The van der Waals surface area contributed by atoms with E-state index in [1.165, 1.54) is 25.3 Å². The van der Waals surface area contributed by atoms with Crippen molar-refractivity contribution >= 4 is 27.4 Å². The normalized spacial score (nSPS) is 14.9. The van der Waals surface area contributed by atoms with Gasteiger partial charge in [-0.05, 0) is 42.8 Å². The molecule has 1 N–H and O–H groups in total. The highest BCUT2D eigenvalue weighted by Gasteiger charge is 2.20. The van der Waals surface area contributed by atoms with Gasteiger partial charge in [0.25, 0.3) is 10.0 Å². The van der Waals surface area contributed by atoms with Crippen molar-refractivity contribution in [1.82, 2.24) is 9.88 Å². The molecule has 3 rings (SSSR count). The zero-order valence-electron chi connectivity index (χ0n) is 15.1. The Morgan fingerprint density at radius 1 is 1.15 bits per heavy atom. The van der Waals surface area contributed by atoms with Crippen molar-refractivity contribution in [1.29, 1.82) is 0 Å². The second-order valence-corrected chi connectivity index (χ2v) is 8.10. The van der Waals surface area contributed by atoms with Crippen molar-refractivity contribution in [2.24, 2.45) is 0 Å². The second-order valence-electron chi connectivity index (χ2n) is 6.41. The highest BCUT2D eigenvalue weighted by atomic mass is 32.2. The summed E-state index contributed by atoms with van der Waals surface area (Å²) in [6.45, 7) is 5.68. The average Bonchev–Trinajstić information content (AvgIpc) is 2.64. The lowest BCUT2D eigenvalue weighted by molar-refractivity contribution is -0.129. The molecule has 1 aromatic carbocycles. The first-order valence-corrected chi connectivity index (χ1v) is 10.00. The lowest BCUT2D eigenvalue weighted by Gasteiger charge is -2.34. The summed E-state index contributed by atoms with van der Waals surface area (Å²) >= 11 is 0. The molecule has 1 saturated heterocycles. The van der Waals surface area contributed by atoms with Crippen LogP contribution in [-0.4, -0.2) is 50.4 Å². The van der Waals surface area contributed by atoms with E-state index in [-0.39, 0.29) is 16.4 Å². The number of sulfonamides is 1. The van der Waals surface area contributed by atoms with Crippen LogP contribution in [0.5, 0.6) is 0 Å². The van der Waals surface area contributed by atoms with E-state index < -0.39 is 15.8 Å². The fraction of sp³-hybridized carbons (Fsp3) is 0.333. The number of benzene rings is 1. The Labute approximate surface area is 157 Å². The highest BCUT2D eigenvalue weighted by Crippen LogP contribution is 2.20. The second kappa shape index (κ2) is 7.51. The van der Waals surface area contributed by atoms with E-state index in [1.54, 1.807) is 24.0 Å². The van der Waals surface area contributed by atoms with E-state index >= 15 is 0 Å². The molecule has 1 aliphatic rings. The molecule has 7 nitrogen and oxygen atoms in total. The van der Waals surface area contributed by atoms with E-state index in [9.17, 15) is 17.6 Å². The molecule has 0 radical (unpaired) electrons. The molecule has 9 heteroatoms. The standard InChI is InChI=1S/C18H21FN4O3S/c1-13-11-16(4-5-17(13)19)27(25,26)21-15-3-6-18(20-12-15)23-9-7-22(8-10-23)14(2)24/h3-6,11-12,21H,7-10H2,1-2H3. The number of rotatable bonds is 4. The Morgan fingerprint density at radius 2 is 1.85 bits per heavy atom. The molecule has 1 aromatic heterocycles. The van der Waals surface area contributed by atoms with E-state index in [2.05, 4.69) is 9.71 Å². The van der Waals surface area contributed by atoms with Gasteiger partial charge in [-0.25, -0.2) is 17.8 Å². The minimum atomic E-state index is -3.82. The van der Waals surface area contributed by atoms with Crippen LogP contribution in [-0.2, 0) is 14.8 Å². The zero-order chi connectivity index (χ0) is 19.6. The molecule has 0 saturated carbocycles. The van der Waals surface area contributed by atoms with Gasteiger partial charge in [0.1, 0.15) is 11.6 Å². The summed E-state index contributed by atoms with van der Waals surface area (Å²) in [4.78, 5) is 19.5. The van der Waals surface area contributed by atoms with Gasteiger partial charge in [-0.1, -0.05) is 0 Å². The number of carbonyl (C=O) groups is 1. The quantitative estimate of drug-likeness (QED) is 0.861. The minimum absolute atomic E-state index is 0.00849. The molecular formula is C18H21FN4O3S. The van der Waals surface area contributed by atoms with Crippen LogP contribution < -0.4 is 9.62 Å². The summed E-state index contributed by atoms with van der Waals surface area (Å²) in [7, 11) is -3.82. The van der Waals surface area contributed by atoms with Gasteiger partial charge in [0.2, 0.25) is 5.91 Å². The van der Waals surface area contributed by atoms with Crippen molar-refractivity contribution in [3.63, 3.8) is 0 Å². The number of pyridine rings is 1. The molecule has 0 aliphatic carbocycles. The van der Waals surface area contributed by atoms with E-state index in [1.807, 2.05) is 4.90 Å². The molecule has 0 spiro atoms. The van der Waals surface area contributed by atoms with Gasteiger partial charge in [-0.2, -0.15) is 0 Å². The molecule has 0 atom stereocenters. The van der Waals surface area contributed by atoms with Crippen LogP contribution >= 0.6 is 0 Å². The maximum Gasteiger partial charge on any atom is 0.261 e. The van der Waals surface area contributed by atoms with Crippen molar-refractivity contribution < 1.29 is 17.6 Å². The third-order valence-electron chi connectivity index (χ3n) is 4.49. The molecule has 1 aliphatic heterocycles. The maximum absolute atomic E-state index is 13.4. The van der Waals surface area contributed by atoms with E-state index in [0.717, 1.165) is 11.9 Å². The van der Waals surface area contributed by atoms with Crippen LogP contribution in [0.2, 0.25) is 0 Å². The van der Waals surface area contributed by atoms with Gasteiger partial charge in [0, 0.05) is 33.1 Å². The third kappa shape index (κ3) is 4.36.